The molecule has 8 nitrogen and oxygen atoms in total. The van der Waals surface area contributed by atoms with E-state index in [1.807, 2.05) is 0 Å². The number of hydrogen-bond donors (Lipinski definition) is 3. The molecule has 0 radical (unpaired) electrons. The van der Waals surface area contributed by atoms with Crippen LogP contribution in [0.15, 0.2) is 47.4 Å². The molecule has 30 heavy (non-hydrogen) atoms. The van der Waals surface area contributed by atoms with E-state index in [9.17, 15) is 18.0 Å². The van der Waals surface area contributed by atoms with E-state index in [0.717, 1.165) is 0 Å². The van der Waals surface area contributed by atoms with Crippen LogP contribution in [0, 0.1) is 12.3 Å². The lowest BCUT2D eigenvalue weighted by molar-refractivity contribution is 0.0936. The number of hydrogen-bond acceptors (Lipinski definition) is 5. The molecule has 10 heteroatoms. The third kappa shape index (κ3) is 6.30. The molecule has 0 aliphatic carbocycles. The Balaban J connectivity index is 2.13. The first kappa shape index (κ1) is 23.4. The standard InChI is InChI=1S/C20H20ClN3O5S/c1-3-9-23-30(27,28)16-6-4-5-14(12-16)19(25)24-15-7-8-17(18(21)13-15)20(26)22-10-11-29-2/h1,4-8,12-13,23H,9-11H2,2H3,(H,22,26)(H,24,25). The zero-order valence-corrected chi connectivity index (χ0v) is 17.6. The lowest BCUT2D eigenvalue weighted by Crippen LogP contribution is -2.27. The Labute approximate surface area is 180 Å². The van der Waals surface area contributed by atoms with Crippen molar-refractivity contribution in [3.8, 4) is 12.3 Å². The Kier molecular flexibility index (Phi) is 8.38. The highest BCUT2D eigenvalue weighted by Crippen LogP contribution is 2.22. The predicted octanol–water partition coefficient (Wildman–Crippen LogP) is 1.88. The number of nitrogens with one attached hydrogen (secondary N) is 3. The number of sulfonamides is 1. The molecule has 0 aliphatic heterocycles. The van der Waals surface area contributed by atoms with Crippen molar-refractivity contribution in [1.29, 1.82) is 0 Å². The fraction of sp³-hybridized carbons (Fsp3) is 0.200. The molecule has 3 N–H and O–H groups in total. The van der Waals surface area contributed by atoms with Crippen LogP contribution in [0.4, 0.5) is 5.69 Å². The number of methoxy groups -OCH3 is 1. The molecular weight excluding hydrogens is 430 g/mol. The highest BCUT2D eigenvalue weighted by atomic mass is 35.5. The second-order valence-electron chi connectivity index (χ2n) is 5.95. The maximum atomic E-state index is 12.5. The number of anilines is 1. The maximum absolute atomic E-state index is 12.5. The quantitative estimate of drug-likeness (QED) is 0.399. The number of ether oxygens (including phenoxy) is 1. The SMILES string of the molecule is C#CCNS(=O)(=O)c1cccc(C(=O)Nc2ccc(C(=O)NCCOC)c(Cl)c2)c1. The summed E-state index contributed by atoms with van der Waals surface area (Å²) in [7, 11) is -2.31. The number of amides is 2. The largest absolute Gasteiger partial charge is 0.383 e. The molecule has 0 fully saturated rings. The van der Waals surface area contributed by atoms with E-state index >= 15 is 0 Å². The second-order valence-corrected chi connectivity index (χ2v) is 8.13. The number of rotatable bonds is 9. The van der Waals surface area contributed by atoms with Crippen LogP contribution >= 0.6 is 11.6 Å². The molecule has 0 saturated carbocycles. The van der Waals surface area contributed by atoms with E-state index < -0.39 is 15.9 Å². The summed E-state index contributed by atoms with van der Waals surface area (Å²) in [6.45, 7) is 0.535. The van der Waals surface area contributed by atoms with Crippen LogP contribution in [0.2, 0.25) is 5.02 Å². The molecule has 0 aliphatic rings. The zero-order valence-electron chi connectivity index (χ0n) is 16.1. The minimum absolute atomic E-state index is 0.0912. The Morgan fingerprint density at radius 3 is 2.60 bits per heavy atom. The van der Waals surface area contributed by atoms with Gasteiger partial charge in [-0.2, -0.15) is 4.72 Å². The highest BCUT2D eigenvalue weighted by Gasteiger charge is 2.16. The third-order valence-electron chi connectivity index (χ3n) is 3.83. The third-order valence-corrected chi connectivity index (χ3v) is 5.55. The Bertz CT molecular complexity index is 1080. The van der Waals surface area contributed by atoms with Gasteiger partial charge in [-0.25, -0.2) is 8.42 Å². The number of terminal acetylenes is 1. The van der Waals surface area contributed by atoms with Gasteiger partial charge in [-0.1, -0.05) is 23.6 Å². The van der Waals surface area contributed by atoms with Gasteiger partial charge in [0.1, 0.15) is 0 Å². The summed E-state index contributed by atoms with van der Waals surface area (Å²) in [4.78, 5) is 24.5. The number of carbonyl (C=O) groups excluding carboxylic acids is 2. The molecule has 0 heterocycles. The summed E-state index contributed by atoms with van der Waals surface area (Å²) in [5.74, 6) is 1.27. The monoisotopic (exact) mass is 449 g/mol. The zero-order chi connectivity index (χ0) is 22.1. The summed E-state index contributed by atoms with van der Waals surface area (Å²) in [6, 6.07) is 9.92. The van der Waals surface area contributed by atoms with E-state index in [1.54, 1.807) is 0 Å². The summed E-state index contributed by atoms with van der Waals surface area (Å²) in [5.41, 5.74) is 0.715. The van der Waals surface area contributed by atoms with Gasteiger partial charge >= 0.3 is 0 Å². The summed E-state index contributed by atoms with van der Waals surface area (Å²) < 4.78 is 31.4. The summed E-state index contributed by atoms with van der Waals surface area (Å²) in [5, 5.41) is 5.42. The highest BCUT2D eigenvalue weighted by molar-refractivity contribution is 7.89. The van der Waals surface area contributed by atoms with Gasteiger partial charge < -0.3 is 15.4 Å². The first-order valence-corrected chi connectivity index (χ1v) is 10.6. The molecule has 0 atom stereocenters. The molecule has 0 saturated heterocycles. The minimum Gasteiger partial charge on any atom is -0.383 e. The van der Waals surface area contributed by atoms with Crippen LogP contribution in [0.25, 0.3) is 0 Å². The number of halogens is 1. The van der Waals surface area contributed by atoms with Crippen molar-refractivity contribution in [2.45, 2.75) is 4.90 Å². The summed E-state index contributed by atoms with van der Waals surface area (Å²) >= 11 is 6.15. The fourth-order valence-corrected chi connectivity index (χ4v) is 3.61. The van der Waals surface area contributed by atoms with E-state index in [-0.39, 0.29) is 33.5 Å². The lowest BCUT2D eigenvalue weighted by Gasteiger charge is -2.10. The lowest BCUT2D eigenvalue weighted by atomic mass is 10.1. The number of carbonyl (C=O) groups is 2. The van der Waals surface area contributed by atoms with Crippen molar-refractivity contribution in [2.24, 2.45) is 0 Å². The normalized spacial score (nSPS) is 10.8. The van der Waals surface area contributed by atoms with Crippen molar-refractivity contribution in [3.05, 3.63) is 58.6 Å². The predicted molar refractivity (Wildman–Crippen MR) is 114 cm³/mol. The van der Waals surface area contributed by atoms with Crippen molar-refractivity contribution < 1.29 is 22.7 Å². The molecule has 2 aromatic rings. The molecule has 2 rings (SSSR count). The van der Waals surface area contributed by atoms with E-state index in [1.165, 1.54) is 49.6 Å². The Morgan fingerprint density at radius 1 is 1.17 bits per heavy atom. The van der Waals surface area contributed by atoms with Gasteiger partial charge in [0, 0.05) is 24.9 Å². The van der Waals surface area contributed by atoms with Crippen molar-refractivity contribution in [2.75, 3.05) is 32.1 Å². The van der Waals surface area contributed by atoms with Gasteiger partial charge in [-0.15, -0.1) is 6.42 Å². The van der Waals surface area contributed by atoms with Gasteiger partial charge in [-0.05, 0) is 36.4 Å². The van der Waals surface area contributed by atoms with Crippen LogP contribution in [0.5, 0.6) is 0 Å². The molecule has 2 aromatic carbocycles. The smallest absolute Gasteiger partial charge is 0.255 e. The van der Waals surface area contributed by atoms with Crippen LogP contribution in [0.3, 0.4) is 0 Å². The molecular formula is C20H20ClN3O5S. The van der Waals surface area contributed by atoms with Gasteiger partial charge in [0.2, 0.25) is 10.0 Å². The van der Waals surface area contributed by atoms with Crippen molar-refractivity contribution >= 4 is 39.1 Å². The van der Waals surface area contributed by atoms with Crippen LogP contribution < -0.4 is 15.4 Å². The van der Waals surface area contributed by atoms with Crippen LogP contribution in [-0.2, 0) is 14.8 Å². The average molecular weight is 450 g/mol. The maximum Gasteiger partial charge on any atom is 0.255 e. The van der Waals surface area contributed by atoms with Crippen molar-refractivity contribution in [3.63, 3.8) is 0 Å². The van der Waals surface area contributed by atoms with Gasteiger partial charge in [0.05, 0.1) is 28.6 Å². The second kappa shape index (κ2) is 10.8. The van der Waals surface area contributed by atoms with Crippen LogP contribution in [0.1, 0.15) is 20.7 Å². The molecule has 2 amide bonds. The average Bonchev–Trinajstić information content (AvgIpc) is 2.72. The van der Waals surface area contributed by atoms with Crippen molar-refractivity contribution in [1.82, 2.24) is 10.0 Å². The first-order valence-electron chi connectivity index (χ1n) is 8.69. The van der Waals surface area contributed by atoms with E-state index in [0.29, 0.717) is 18.8 Å². The Hall–Kier alpha value is -2.90. The molecule has 0 unspecified atom stereocenters. The summed E-state index contributed by atoms with van der Waals surface area (Å²) in [6.07, 6.45) is 5.07. The first-order chi connectivity index (χ1) is 14.3. The number of benzene rings is 2. The Morgan fingerprint density at radius 2 is 1.93 bits per heavy atom. The van der Waals surface area contributed by atoms with E-state index in [4.69, 9.17) is 22.8 Å². The van der Waals surface area contributed by atoms with Gasteiger partial charge in [0.25, 0.3) is 11.8 Å². The topological polar surface area (TPSA) is 114 Å². The van der Waals surface area contributed by atoms with E-state index in [2.05, 4.69) is 21.3 Å². The molecule has 0 aromatic heterocycles. The molecule has 0 spiro atoms. The minimum atomic E-state index is -3.83. The molecule has 0 bridgehead atoms. The van der Waals surface area contributed by atoms with Gasteiger partial charge in [0.15, 0.2) is 0 Å². The van der Waals surface area contributed by atoms with Gasteiger partial charge in [-0.3, -0.25) is 9.59 Å². The van der Waals surface area contributed by atoms with Crippen LogP contribution in [-0.4, -0.2) is 47.0 Å². The molecule has 158 valence electrons. The fourth-order valence-electron chi connectivity index (χ4n) is 2.37.